The molecule has 1 N–H and O–H groups in total. The van der Waals surface area contributed by atoms with Crippen LogP contribution in [-0.2, 0) is 6.42 Å². The highest BCUT2D eigenvalue weighted by atomic mass is 32.1. The molecular weight excluding hydrogens is 290 g/mol. The highest BCUT2D eigenvalue weighted by Crippen LogP contribution is 2.22. The third-order valence-electron chi connectivity index (χ3n) is 2.74. The zero-order chi connectivity index (χ0) is 14.5. The Kier molecular flexibility index (Phi) is 4.88. The smallest absolute Gasteiger partial charge is 0.264 e. The van der Waals surface area contributed by atoms with E-state index in [0.29, 0.717) is 4.88 Å². The summed E-state index contributed by atoms with van der Waals surface area (Å²) in [6, 6.07) is 5.24. The van der Waals surface area contributed by atoms with E-state index in [4.69, 9.17) is 0 Å². The lowest BCUT2D eigenvalue weighted by molar-refractivity contribution is 0.0949. The summed E-state index contributed by atoms with van der Waals surface area (Å²) in [5.74, 6) is -0.220. The Bertz CT molecular complexity index is 625. The summed E-state index contributed by atoms with van der Waals surface area (Å²) >= 11 is 2.87. The topological polar surface area (TPSA) is 65.8 Å². The molecule has 0 fully saturated rings. The van der Waals surface area contributed by atoms with Gasteiger partial charge in [0.15, 0.2) is 6.04 Å². The van der Waals surface area contributed by atoms with Gasteiger partial charge in [-0.05, 0) is 31.2 Å². The average Bonchev–Trinajstić information content (AvgIpc) is 3.06. The molecule has 1 unspecified atom stereocenters. The molecule has 4 nitrogen and oxygen atoms in total. The molecule has 0 aliphatic rings. The quantitative estimate of drug-likeness (QED) is 0.920. The third kappa shape index (κ3) is 3.24. The molecule has 0 saturated carbocycles. The van der Waals surface area contributed by atoms with Crippen molar-refractivity contribution in [2.75, 3.05) is 0 Å². The number of nitrogens with zero attached hydrogens (tertiary/aromatic N) is 2. The van der Waals surface area contributed by atoms with Crippen LogP contribution < -0.4 is 5.32 Å². The highest BCUT2D eigenvalue weighted by molar-refractivity contribution is 7.13. The summed E-state index contributed by atoms with van der Waals surface area (Å²) in [6.07, 6.45) is 1.88. The normalized spacial score (nSPS) is 11.8. The molecule has 1 atom stereocenters. The van der Waals surface area contributed by atoms with Crippen molar-refractivity contribution in [2.24, 2.45) is 0 Å². The van der Waals surface area contributed by atoms with Crippen molar-refractivity contribution in [3.63, 3.8) is 0 Å². The fourth-order valence-electron chi connectivity index (χ4n) is 1.80. The van der Waals surface area contributed by atoms with Gasteiger partial charge in [0.05, 0.1) is 16.8 Å². The number of carbonyl (C=O) groups excluding carboxylic acids is 1. The molecule has 2 aromatic heterocycles. The van der Waals surface area contributed by atoms with E-state index in [2.05, 4.69) is 23.3 Å². The first-order valence-electron chi connectivity index (χ1n) is 6.36. The van der Waals surface area contributed by atoms with Gasteiger partial charge in [0.25, 0.3) is 5.91 Å². The molecule has 2 aromatic rings. The summed E-state index contributed by atoms with van der Waals surface area (Å²) < 4.78 is 0. The lowest BCUT2D eigenvalue weighted by Gasteiger charge is -2.08. The molecule has 104 valence electrons. The van der Waals surface area contributed by atoms with E-state index < -0.39 is 6.04 Å². The molecule has 0 radical (unpaired) electrons. The fraction of sp³-hybridized carbons (Fsp3) is 0.357. The first-order valence-corrected chi connectivity index (χ1v) is 8.05. The van der Waals surface area contributed by atoms with Crippen molar-refractivity contribution in [3.8, 4) is 6.07 Å². The van der Waals surface area contributed by atoms with Crippen LogP contribution in [0, 0.1) is 18.3 Å². The predicted molar refractivity (Wildman–Crippen MR) is 81.0 cm³/mol. The van der Waals surface area contributed by atoms with Crippen LogP contribution in [0.5, 0.6) is 0 Å². The number of aromatic nitrogens is 1. The zero-order valence-electron chi connectivity index (χ0n) is 11.3. The van der Waals surface area contributed by atoms with E-state index in [0.717, 1.165) is 28.4 Å². The Morgan fingerprint density at radius 2 is 2.40 bits per heavy atom. The monoisotopic (exact) mass is 305 g/mol. The Morgan fingerprint density at radius 1 is 1.60 bits per heavy atom. The Hall–Kier alpha value is -1.71. The van der Waals surface area contributed by atoms with Gasteiger partial charge < -0.3 is 5.32 Å². The number of nitrogens with one attached hydrogen (secondary N) is 1. The largest absolute Gasteiger partial charge is 0.331 e. The van der Waals surface area contributed by atoms with Gasteiger partial charge >= 0.3 is 0 Å². The zero-order valence-corrected chi connectivity index (χ0v) is 13.0. The van der Waals surface area contributed by atoms with Gasteiger partial charge in [-0.15, -0.1) is 22.7 Å². The standard InChI is InChI=1S/C14H15N3OS2/c1-3-5-12-16-9(2)13(20-12)14(18)17-10(8-15)11-6-4-7-19-11/h4,6-7,10H,3,5H2,1-2H3,(H,17,18). The van der Waals surface area contributed by atoms with Crippen LogP contribution in [0.3, 0.4) is 0 Å². The second-order valence-corrected chi connectivity index (χ2v) is 6.39. The molecule has 0 aliphatic carbocycles. The molecule has 0 spiro atoms. The molecule has 0 aromatic carbocycles. The van der Waals surface area contributed by atoms with Crippen molar-refractivity contribution in [1.82, 2.24) is 10.3 Å². The molecule has 2 heterocycles. The van der Waals surface area contributed by atoms with Gasteiger partial charge in [0.2, 0.25) is 0 Å². The van der Waals surface area contributed by atoms with E-state index in [1.54, 1.807) is 0 Å². The Balaban J connectivity index is 2.13. The lowest BCUT2D eigenvalue weighted by atomic mass is 10.2. The molecular formula is C14H15N3OS2. The van der Waals surface area contributed by atoms with Crippen LogP contribution in [0.4, 0.5) is 0 Å². The van der Waals surface area contributed by atoms with Crippen molar-refractivity contribution >= 4 is 28.6 Å². The second-order valence-electron chi connectivity index (χ2n) is 4.32. The van der Waals surface area contributed by atoms with Crippen LogP contribution in [0.1, 0.15) is 44.6 Å². The number of aryl methyl sites for hydroxylation is 2. The molecule has 1 amide bonds. The van der Waals surface area contributed by atoms with Gasteiger partial charge in [-0.25, -0.2) is 4.98 Å². The van der Waals surface area contributed by atoms with Gasteiger partial charge in [-0.2, -0.15) is 5.26 Å². The maximum Gasteiger partial charge on any atom is 0.264 e. The number of thiophene rings is 1. The van der Waals surface area contributed by atoms with E-state index in [-0.39, 0.29) is 5.91 Å². The van der Waals surface area contributed by atoms with E-state index in [1.807, 2.05) is 24.4 Å². The Labute approximate surface area is 126 Å². The van der Waals surface area contributed by atoms with Crippen LogP contribution >= 0.6 is 22.7 Å². The fourth-order valence-corrected chi connectivity index (χ4v) is 3.59. The number of rotatable bonds is 5. The van der Waals surface area contributed by atoms with Crippen LogP contribution in [0.15, 0.2) is 17.5 Å². The van der Waals surface area contributed by atoms with Gasteiger partial charge in [-0.1, -0.05) is 13.0 Å². The number of nitriles is 1. The van der Waals surface area contributed by atoms with Gasteiger partial charge in [0.1, 0.15) is 4.88 Å². The maximum atomic E-state index is 12.3. The number of amides is 1. The summed E-state index contributed by atoms with van der Waals surface area (Å²) in [7, 11) is 0. The van der Waals surface area contributed by atoms with Crippen molar-refractivity contribution in [2.45, 2.75) is 32.7 Å². The summed E-state index contributed by atoms with van der Waals surface area (Å²) in [5, 5.41) is 14.8. The Morgan fingerprint density at radius 3 is 3.00 bits per heavy atom. The first-order chi connectivity index (χ1) is 9.65. The molecule has 0 bridgehead atoms. The number of carbonyl (C=O) groups is 1. The van der Waals surface area contributed by atoms with Gasteiger partial charge in [-0.3, -0.25) is 4.79 Å². The highest BCUT2D eigenvalue weighted by Gasteiger charge is 2.20. The maximum absolute atomic E-state index is 12.3. The average molecular weight is 305 g/mol. The second kappa shape index (κ2) is 6.64. The molecule has 0 saturated heterocycles. The van der Waals surface area contributed by atoms with Crippen LogP contribution in [0.2, 0.25) is 0 Å². The van der Waals surface area contributed by atoms with E-state index in [9.17, 15) is 10.1 Å². The molecule has 20 heavy (non-hydrogen) atoms. The van der Waals surface area contributed by atoms with Gasteiger partial charge in [0, 0.05) is 4.88 Å². The van der Waals surface area contributed by atoms with Crippen molar-refractivity contribution < 1.29 is 4.79 Å². The minimum atomic E-state index is -0.598. The molecule has 0 aliphatic heterocycles. The van der Waals surface area contributed by atoms with Crippen molar-refractivity contribution in [1.29, 1.82) is 5.26 Å². The summed E-state index contributed by atoms with van der Waals surface area (Å²) in [5.41, 5.74) is 0.735. The number of hydrogen-bond acceptors (Lipinski definition) is 5. The van der Waals surface area contributed by atoms with E-state index in [1.165, 1.54) is 22.7 Å². The van der Waals surface area contributed by atoms with Crippen molar-refractivity contribution in [3.05, 3.63) is 38.0 Å². The number of hydrogen-bond donors (Lipinski definition) is 1. The minimum Gasteiger partial charge on any atom is -0.331 e. The predicted octanol–water partition coefficient (Wildman–Crippen LogP) is 3.46. The summed E-state index contributed by atoms with van der Waals surface area (Å²) in [4.78, 5) is 18.1. The SMILES string of the molecule is CCCc1nc(C)c(C(=O)NC(C#N)c2cccs2)s1. The lowest BCUT2D eigenvalue weighted by Crippen LogP contribution is -2.26. The summed E-state index contributed by atoms with van der Waals surface area (Å²) in [6.45, 7) is 3.91. The van der Waals surface area contributed by atoms with Crippen LogP contribution in [-0.4, -0.2) is 10.9 Å². The van der Waals surface area contributed by atoms with Crippen LogP contribution in [0.25, 0.3) is 0 Å². The molecule has 6 heteroatoms. The first kappa shape index (κ1) is 14.7. The molecule has 2 rings (SSSR count). The third-order valence-corrected chi connectivity index (χ3v) is 4.90. The van der Waals surface area contributed by atoms with E-state index >= 15 is 0 Å². The number of thiazole rings is 1. The minimum absolute atomic E-state index is 0.220.